The average Bonchev–Trinajstić information content (AvgIpc) is 2.30. The molecule has 0 aromatic carbocycles. The molecule has 1 aromatic heterocycles. The molecule has 1 aliphatic rings. The van der Waals surface area contributed by atoms with Gasteiger partial charge < -0.3 is 10.2 Å². The van der Waals surface area contributed by atoms with Crippen LogP contribution >= 0.6 is 0 Å². The van der Waals surface area contributed by atoms with Crippen molar-refractivity contribution in [1.82, 2.24) is 10.3 Å². The smallest absolute Gasteiger partial charge is 0.0601 e. The van der Waals surface area contributed by atoms with Crippen molar-refractivity contribution in [2.24, 2.45) is 0 Å². The summed E-state index contributed by atoms with van der Waals surface area (Å²) in [7, 11) is 1.98. The number of rotatable bonds is 3. The molecule has 16 heavy (non-hydrogen) atoms. The van der Waals surface area contributed by atoms with E-state index in [0.717, 1.165) is 26.1 Å². The van der Waals surface area contributed by atoms with Gasteiger partial charge in [-0.05, 0) is 32.0 Å². The molecule has 0 fully saturated rings. The molecule has 0 spiro atoms. The first-order valence-corrected chi connectivity index (χ1v) is 5.79. The van der Waals surface area contributed by atoms with Gasteiger partial charge >= 0.3 is 0 Å². The van der Waals surface area contributed by atoms with E-state index in [4.69, 9.17) is 0 Å². The van der Waals surface area contributed by atoms with Gasteiger partial charge in [-0.1, -0.05) is 11.6 Å². The second-order valence-electron chi connectivity index (χ2n) is 4.30. The van der Waals surface area contributed by atoms with Crippen molar-refractivity contribution in [2.45, 2.75) is 19.9 Å². The molecule has 0 radical (unpaired) electrons. The highest BCUT2D eigenvalue weighted by atomic mass is 15.1. The van der Waals surface area contributed by atoms with Gasteiger partial charge in [0, 0.05) is 25.8 Å². The Kier molecular flexibility index (Phi) is 3.57. The van der Waals surface area contributed by atoms with Crippen molar-refractivity contribution >= 4 is 5.69 Å². The number of hydrogen-bond donors (Lipinski definition) is 1. The van der Waals surface area contributed by atoms with E-state index in [1.807, 2.05) is 19.4 Å². The number of nitrogens with zero attached hydrogens (tertiary/aromatic N) is 2. The summed E-state index contributed by atoms with van der Waals surface area (Å²) in [6, 6.07) is 2.10. The van der Waals surface area contributed by atoms with Crippen molar-refractivity contribution in [1.29, 1.82) is 0 Å². The maximum Gasteiger partial charge on any atom is 0.0601 e. The van der Waals surface area contributed by atoms with E-state index in [2.05, 4.69) is 34.3 Å². The zero-order valence-corrected chi connectivity index (χ0v) is 10.0. The molecule has 2 heterocycles. The van der Waals surface area contributed by atoms with Gasteiger partial charge in [0.15, 0.2) is 0 Å². The van der Waals surface area contributed by atoms with Crippen LogP contribution in [0.25, 0.3) is 0 Å². The summed E-state index contributed by atoms with van der Waals surface area (Å²) in [6.07, 6.45) is 7.30. The minimum Gasteiger partial charge on any atom is -0.366 e. The Balaban J connectivity index is 2.22. The van der Waals surface area contributed by atoms with Crippen LogP contribution in [0.4, 0.5) is 5.69 Å². The Bertz CT molecular complexity index is 385. The topological polar surface area (TPSA) is 28.2 Å². The standard InChI is InChI=1S/C13H19N3/c1-11-4-3-7-16(10-11)13-9-15-6-5-12(13)8-14-2/h4-6,9,14H,3,7-8,10H2,1-2H3. The van der Waals surface area contributed by atoms with E-state index < -0.39 is 0 Å². The second-order valence-corrected chi connectivity index (χ2v) is 4.30. The van der Waals surface area contributed by atoms with Gasteiger partial charge in [0.1, 0.15) is 0 Å². The van der Waals surface area contributed by atoms with Gasteiger partial charge in [0.25, 0.3) is 0 Å². The second kappa shape index (κ2) is 5.12. The third-order valence-corrected chi connectivity index (χ3v) is 2.93. The molecule has 3 heteroatoms. The minimum absolute atomic E-state index is 0.900. The number of hydrogen-bond acceptors (Lipinski definition) is 3. The molecule has 0 saturated carbocycles. The van der Waals surface area contributed by atoms with Crippen molar-refractivity contribution in [3.05, 3.63) is 35.7 Å². The third-order valence-electron chi connectivity index (χ3n) is 2.93. The first kappa shape index (κ1) is 11.1. The maximum absolute atomic E-state index is 4.24. The van der Waals surface area contributed by atoms with E-state index in [-0.39, 0.29) is 0 Å². The van der Waals surface area contributed by atoms with Crippen LogP contribution in [-0.4, -0.2) is 25.1 Å². The van der Waals surface area contributed by atoms with Crippen LogP contribution in [0.1, 0.15) is 18.9 Å². The fraction of sp³-hybridized carbons (Fsp3) is 0.462. The lowest BCUT2D eigenvalue weighted by Gasteiger charge is -2.29. The minimum atomic E-state index is 0.900. The molecule has 0 amide bonds. The Morgan fingerprint density at radius 3 is 3.12 bits per heavy atom. The average molecular weight is 217 g/mol. The molecule has 0 atom stereocenters. The number of nitrogens with one attached hydrogen (secondary N) is 1. The van der Waals surface area contributed by atoms with E-state index in [1.54, 1.807) is 0 Å². The predicted molar refractivity (Wildman–Crippen MR) is 67.6 cm³/mol. The van der Waals surface area contributed by atoms with Gasteiger partial charge in [-0.2, -0.15) is 0 Å². The van der Waals surface area contributed by atoms with Crippen LogP contribution in [0.5, 0.6) is 0 Å². The molecule has 2 rings (SSSR count). The van der Waals surface area contributed by atoms with Gasteiger partial charge in [-0.15, -0.1) is 0 Å². The van der Waals surface area contributed by atoms with E-state index >= 15 is 0 Å². The normalized spacial score (nSPS) is 16.1. The molecular formula is C13H19N3. The van der Waals surface area contributed by atoms with E-state index in [1.165, 1.54) is 16.8 Å². The number of anilines is 1. The molecule has 0 unspecified atom stereocenters. The lowest BCUT2D eigenvalue weighted by Crippen LogP contribution is -2.30. The first-order valence-electron chi connectivity index (χ1n) is 5.79. The molecule has 3 nitrogen and oxygen atoms in total. The van der Waals surface area contributed by atoms with Crippen LogP contribution in [0.2, 0.25) is 0 Å². The SMILES string of the molecule is CNCc1ccncc1N1CCC=C(C)C1. The molecule has 1 aromatic rings. The maximum atomic E-state index is 4.24. The van der Waals surface area contributed by atoms with Crippen LogP contribution in [0, 0.1) is 0 Å². The molecule has 1 aliphatic heterocycles. The van der Waals surface area contributed by atoms with Gasteiger partial charge in [-0.25, -0.2) is 0 Å². The van der Waals surface area contributed by atoms with Gasteiger partial charge in [-0.3, -0.25) is 4.98 Å². The molecular weight excluding hydrogens is 198 g/mol. The summed E-state index contributed by atoms with van der Waals surface area (Å²) in [6.45, 7) is 5.22. The lowest BCUT2D eigenvalue weighted by atomic mass is 10.1. The predicted octanol–water partition coefficient (Wildman–Crippen LogP) is 1.96. The van der Waals surface area contributed by atoms with Crippen LogP contribution < -0.4 is 10.2 Å². The summed E-state index contributed by atoms with van der Waals surface area (Å²) in [4.78, 5) is 6.65. The molecule has 1 N–H and O–H groups in total. The summed E-state index contributed by atoms with van der Waals surface area (Å²) >= 11 is 0. The Morgan fingerprint density at radius 2 is 2.38 bits per heavy atom. The quantitative estimate of drug-likeness (QED) is 0.784. The summed E-state index contributed by atoms with van der Waals surface area (Å²) in [5.41, 5.74) is 4.04. The highest BCUT2D eigenvalue weighted by molar-refractivity contribution is 5.53. The zero-order chi connectivity index (χ0) is 11.4. The Labute approximate surface area is 97.2 Å². The fourth-order valence-corrected chi connectivity index (χ4v) is 2.16. The summed E-state index contributed by atoms with van der Waals surface area (Å²) < 4.78 is 0. The Morgan fingerprint density at radius 1 is 1.50 bits per heavy atom. The van der Waals surface area contributed by atoms with Crippen molar-refractivity contribution in [2.75, 3.05) is 25.0 Å². The highest BCUT2D eigenvalue weighted by Gasteiger charge is 2.13. The molecule has 0 saturated heterocycles. The van der Waals surface area contributed by atoms with Crippen molar-refractivity contribution in [3.8, 4) is 0 Å². The van der Waals surface area contributed by atoms with Crippen LogP contribution in [0.15, 0.2) is 30.1 Å². The Hall–Kier alpha value is -1.35. The van der Waals surface area contributed by atoms with Crippen molar-refractivity contribution < 1.29 is 0 Å². The lowest BCUT2D eigenvalue weighted by molar-refractivity contribution is 0.763. The van der Waals surface area contributed by atoms with Gasteiger partial charge in [0.2, 0.25) is 0 Å². The summed E-state index contributed by atoms with van der Waals surface area (Å²) in [5.74, 6) is 0. The third kappa shape index (κ3) is 2.42. The van der Waals surface area contributed by atoms with Crippen LogP contribution in [0.3, 0.4) is 0 Å². The number of aromatic nitrogens is 1. The zero-order valence-electron chi connectivity index (χ0n) is 10.0. The molecule has 0 aliphatic carbocycles. The van der Waals surface area contributed by atoms with E-state index in [9.17, 15) is 0 Å². The number of pyridine rings is 1. The largest absolute Gasteiger partial charge is 0.366 e. The molecule has 86 valence electrons. The van der Waals surface area contributed by atoms with Crippen molar-refractivity contribution in [3.63, 3.8) is 0 Å². The molecule has 0 bridgehead atoms. The first-order chi connectivity index (χ1) is 7.81. The fourth-order valence-electron chi connectivity index (χ4n) is 2.16. The monoisotopic (exact) mass is 217 g/mol. The summed E-state index contributed by atoms with van der Waals surface area (Å²) in [5, 5.41) is 3.21. The van der Waals surface area contributed by atoms with Crippen LogP contribution in [-0.2, 0) is 6.54 Å². The highest BCUT2D eigenvalue weighted by Crippen LogP contribution is 2.22. The van der Waals surface area contributed by atoms with Gasteiger partial charge in [0.05, 0.1) is 11.9 Å². The van der Waals surface area contributed by atoms with E-state index in [0.29, 0.717) is 0 Å².